The maximum atomic E-state index is 11.9. The van der Waals surface area contributed by atoms with E-state index in [4.69, 9.17) is 0 Å². The fourth-order valence-corrected chi connectivity index (χ4v) is 2.20. The van der Waals surface area contributed by atoms with E-state index in [9.17, 15) is 9.59 Å². The molecule has 2 heterocycles. The lowest BCUT2D eigenvalue weighted by Crippen LogP contribution is -2.18. The van der Waals surface area contributed by atoms with Crippen LogP contribution in [0.15, 0.2) is 17.2 Å². The number of carbonyl (C=O) groups is 1. The summed E-state index contributed by atoms with van der Waals surface area (Å²) in [4.78, 5) is 30.3. The average molecular weight is 260 g/mol. The van der Waals surface area contributed by atoms with Crippen LogP contribution in [0.1, 0.15) is 28.0 Å². The van der Waals surface area contributed by atoms with Crippen molar-refractivity contribution < 1.29 is 9.53 Å². The van der Waals surface area contributed by atoms with Gasteiger partial charge in [0.1, 0.15) is 0 Å². The highest BCUT2D eigenvalue weighted by Crippen LogP contribution is 2.16. The zero-order valence-electron chi connectivity index (χ0n) is 10.3. The fourth-order valence-electron chi connectivity index (χ4n) is 2.20. The van der Waals surface area contributed by atoms with Gasteiger partial charge < -0.3 is 4.74 Å². The maximum Gasteiger partial charge on any atom is 0.341 e. The summed E-state index contributed by atoms with van der Waals surface area (Å²) in [5, 5.41) is 4.01. The molecule has 7 heteroatoms. The number of nitrogens with one attached hydrogen (secondary N) is 1. The minimum Gasteiger partial charge on any atom is -0.465 e. The Morgan fingerprint density at radius 3 is 3.11 bits per heavy atom. The third-order valence-corrected chi connectivity index (χ3v) is 3.15. The standard InChI is InChI=1S/C12H12N4O3/c1-19-11(18)7-5-13-16(6-7)12-14-9-4-2-3-8(9)10(17)15-12/h5-6H,2-4H2,1H3,(H,14,15,17). The third-order valence-electron chi connectivity index (χ3n) is 3.15. The molecule has 0 atom stereocenters. The summed E-state index contributed by atoms with van der Waals surface area (Å²) >= 11 is 0. The quantitative estimate of drug-likeness (QED) is 0.781. The van der Waals surface area contributed by atoms with Crippen LogP contribution in [0.25, 0.3) is 5.95 Å². The van der Waals surface area contributed by atoms with Crippen molar-refractivity contribution in [1.82, 2.24) is 19.7 Å². The zero-order valence-corrected chi connectivity index (χ0v) is 10.3. The zero-order chi connectivity index (χ0) is 13.4. The van der Waals surface area contributed by atoms with Gasteiger partial charge in [-0.1, -0.05) is 0 Å². The van der Waals surface area contributed by atoms with Gasteiger partial charge in [-0.2, -0.15) is 5.10 Å². The number of aromatic nitrogens is 4. The molecule has 1 aliphatic carbocycles. The lowest BCUT2D eigenvalue weighted by molar-refractivity contribution is 0.0600. The van der Waals surface area contributed by atoms with Crippen LogP contribution in [0.2, 0.25) is 0 Å². The summed E-state index contributed by atoms with van der Waals surface area (Å²) in [5.41, 5.74) is 1.75. The molecule has 0 bridgehead atoms. The molecule has 3 rings (SSSR count). The summed E-state index contributed by atoms with van der Waals surface area (Å²) in [7, 11) is 1.30. The molecule has 0 aliphatic heterocycles. The number of methoxy groups -OCH3 is 1. The molecule has 1 N–H and O–H groups in total. The predicted octanol–water partition coefficient (Wildman–Crippen LogP) is 0.231. The van der Waals surface area contributed by atoms with Crippen LogP contribution in [0.3, 0.4) is 0 Å². The predicted molar refractivity (Wildman–Crippen MR) is 65.3 cm³/mol. The van der Waals surface area contributed by atoms with Gasteiger partial charge in [-0.3, -0.25) is 9.78 Å². The number of fused-ring (bicyclic) bond motifs is 1. The van der Waals surface area contributed by atoms with Gasteiger partial charge in [0, 0.05) is 11.8 Å². The molecule has 0 unspecified atom stereocenters. The van der Waals surface area contributed by atoms with Crippen LogP contribution >= 0.6 is 0 Å². The van der Waals surface area contributed by atoms with Gasteiger partial charge in [0.25, 0.3) is 5.56 Å². The van der Waals surface area contributed by atoms with Gasteiger partial charge in [0.05, 0.1) is 24.6 Å². The van der Waals surface area contributed by atoms with Gasteiger partial charge in [-0.15, -0.1) is 0 Å². The summed E-state index contributed by atoms with van der Waals surface area (Å²) < 4.78 is 5.97. The first-order valence-electron chi connectivity index (χ1n) is 5.94. The minimum atomic E-state index is -0.477. The molecule has 2 aromatic heterocycles. The van der Waals surface area contributed by atoms with Gasteiger partial charge in [0.2, 0.25) is 5.95 Å². The molecule has 98 valence electrons. The van der Waals surface area contributed by atoms with E-state index >= 15 is 0 Å². The first-order chi connectivity index (χ1) is 9.19. The number of hydrogen-bond acceptors (Lipinski definition) is 5. The van der Waals surface area contributed by atoms with Gasteiger partial charge >= 0.3 is 5.97 Å². The van der Waals surface area contributed by atoms with E-state index in [1.165, 1.54) is 24.2 Å². The summed E-state index contributed by atoms with van der Waals surface area (Å²) in [6.07, 6.45) is 5.37. The number of rotatable bonds is 2. The molecule has 0 fully saturated rings. The molecule has 0 saturated heterocycles. The molecular weight excluding hydrogens is 248 g/mol. The topological polar surface area (TPSA) is 89.9 Å². The van der Waals surface area contributed by atoms with Crippen molar-refractivity contribution in [3.8, 4) is 5.95 Å². The van der Waals surface area contributed by atoms with Crippen LogP contribution in [-0.4, -0.2) is 32.8 Å². The number of nitrogens with zero attached hydrogens (tertiary/aromatic N) is 3. The van der Waals surface area contributed by atoms with E-state index < -0.39 is 5.97 Å². The van der Waals surface area contributed by atoms with Crippen LogP contribution in [-0.2, 0) is 17.6 Å². The van der Waals surface area contributed by atoms with Crippen molar-refractivity contribution in [1.29, 1.82) is 0 Å². The van der Waals surface area contributed by atoms with Crippen molar-refractivity contribution >= 4 is 5.97 Å². The third kappa shape index (κ3) is 1.92. The summed E-state index contributed by atoms with van der Waals surface area (Å²) in [5.74, 6) is -0.157. The second-order valence-electron chi connectivity index (χ2n) is 4.33. The van der Waals surface area contributed by atoms with E-state index in [0.29, 0.717) is 11.5 Å². The number of ether oxygens (including phenoxy) is 1. The SMILES string of the molecule is COC(=O)c1cnn(-c2nc3c(c(=O)[nH]2)CCC3)c1. The molecular formula is C12H12N4O3. The highest BCUT2D eigenvalue weighted by atomic mass is 16.5. The lowest BCUT2D eigenvalue weighted by Gasteiger charge is -2.03. The summed E-state index contributed by atoms with van der Waals surface area (Å²) in [6.45, 7) is 0. The highest BCUT2D eigenvalue weighted by molar-refractivity contribution is 5.88. The Labute approximate surface area is 108 Å². The minimum absolute atomic E-state index is 0.132. The average Bonchev–Trinajstić information content (AvgIpc) is 3.06. The van der Waals surface area contributed by atoms with E-state index in [2.05, 4.69) is 19.8 Å². The smallest absolute Gasteiger partial charge is 0.341 e. The molecule has 1 aliphatic rings. The van der Waals surface area contributed by atoms with Crippen molar-refractivity contribution in [2.45, 2.75) is 19.3 Å². The Hall–Kier alpha value is -2.44. The molecule has 0 radical (unpaired) electrons. The maximum absolute atomic E-state index is 11.9. The first-order valence-corrected chi connectivity index (χ1v) is 5.94. The Morgan fingerprint density at radius 1 is 1.47 bits per heavy atom. The molecule has 0 amide bonds. The van der Waals surface area contributed by atoms with Crippen molar-refractivity contribution in [3.05, 3.63) is 39.6 Å². The number of carbonyl (C=O) groups excluding carboxylic acids is 1. The molecule has 7 nitrogen and oxygen atoms in total. The Morgan fingerprint density at radius 2 is 2.32 bits per heavy atom. The number of aromatic amines is 1. The van der Waals surface area contributed by atoms with E-state index in [1.54, 1.807) is 0 Å². The van der Waals surface area contributed by atoms with E-state index in [-0.39, 0.29) is 5.56 Å². The first kappa shape index (κ1) is 11.6. The Kier molecular flexibility index (Phi) is 2.66. The van der Waals surface area contributed by atoms with Crippen LogP contribution in [0.5, 0.6) is 0 Å². The van der Waals surface area contributed by atoms with E-state index in [1.807, 2.05) is 0 Å². The molecule has 2 aromatic rings. The second-order valence-corrected chi connectivity index (χ2v) is 4.33. The second kappa shape index (κ2) is 4.34. The highest BCUT2D eigenvalue weighted by Gasteiger charge is 2.18. The van der Waals surface area contributed by atoms with Crippen LogP contribution < -0.4 is 5.56 Å². The van der Waals surface area contributed by atoms with Gasteiger partial charge in [-0.05, 0) is 19.3 Å². The summed E-state index contributed by atoms with van der Waals surface area (Å²) in [6, 6.07) is 0. The van der Waals surface area contributed by atoms with Crippen LogP contribution in [0.4, 0.5) is 0 Å². The molecule has 0 aromatic carbocycles. The van der Waals surface area contributed by atoms with Crippen molar-refractivity contribution in [2.75, 3.05) is 7.11 Å². The van der Waals surface area contributed by atoms with Gasteiger partial charge in [-0.25, -0.2) is 14.5 Å². The largest absolute Gasteiger partial charge is 0.465 e. The Balaban J connectivity index is 2.03. The van der Waals surface area contributed by atoms with Crippen molar-refractivity contribution in [2.24, 2.45) is 0 Å². The molecule has 19 heavy (non-hydrogen) atoms. The number of hydrogen-bond donors (Lipinski definition) is 1. The number of aryl methyl sites for hydroxylation is 1. The number of esters is 1. The number of H-pyrrole nitrogens is 1. The monoisotopic (exact) mass is 260 g/mol. The van der Waals surface area contributed by atoms with Gasteiger partial charge in [0.15, 0.2) is 0 Å². The van der Waals surface area contributed by atoms with Crippen molar-refractivity contribution in [3.63, 3.8) is 0 Å². The molecule has 0 spiro atoms. The molecule has 0 saturated carbocycles. The lowest BCUT2D eigenvalue weighted by atomic mass is 10.3. The normalized spacial score (nSPS) is 13.3. The van der Waals surface area contributed by atoms with E-state index in [0.717, 1.165) is 30.5 Å². The van der Waals surface area contributed by atoms with Crippen LogP contribution in [0, 0.1) is 0 Å². The Bertz CT molecular complexity index is 701. The fraction of sp³-hybridized carbons (Fsp3) is 0.333.